The number of ether oxygens (including phenoxy) is 1. The molecule has 0 saturated carbocycles. The Kier molecular flexibility index (Phi) is 4.56. The Morgan fingerprint density at radius 3 is 2.25 bits per heavy atom. The summed E-state index contributed by atoms with van der Waals surface area (Å²) in [6, 6.07) is 2.16. The van der Waals surface area contributed by atoms with Gasteiger partial charge in [0.25, 0.3) is 9.05 Å². The van der Waals surface area contributed by atoms with Gasteiger partial charge >= 0.3 is 6.61 Å². The molecule has 0 radical (unpaired) electrons. The van der Waals surface area contributed by atoms with Crippen LogP contribution in [-0.2, 0) is 9.05 Å². The summed E-state index contributed by atoms with van der Waals surface area (Å²) in [5, 5.41) is 0. The molecule has 0 amide bonds. The maximum Gasteiger partial charge on any atom is 0.387 e. The molecular weight excluding hydrogens is 397 g/mol. The van der Waals surface area contributed by atoms with Gasteiger partial charge in [0, 0.05) is 15.2 Å². The highest BCUT2D eigenvalue weighted by molar-refractivity contribution is 9.11. The van der Waals surface area contributed by atoms with Crippen LogP contribution in [0.5, 0.6) is 5.75 Å². The Morgan fingerprint density at radius 1 is 1.25 bits per heavy atom. The Hall–Kier alpha value is 0.0800. The molecule has 0 saturated heterocycles. The molecule has 90 valence electrons. The second-order valence-electron chi connectivity index (χ2n) is 2.53. The van der Waals surface area contributed by atoms with E-state index in [0.717, 1.165) is 12.1 Å². The standard InChI is InChI=1S/C7H3Br2ClF2O3S/c8-3-2-6(16(10,13)14)4(9)1-5(3)15-7(11)12/h1-2,7H. The number of rotatable bonds is 3. The highest BCUT2D eigenvalue weighted by atomic mass is 79.9. The Balaban J connectivity index is 3.28. The SMILES string of the molecule is O=S(=O)(Cl)c1cc(Br)c(OC(F)F)cc1Br. The summed E-state index contributed by atoms with van der Waals surface area (Å²) in [5.74, 6) is -0.189. The van der Waals surface area contributed by atoms with Crippen LogP contribution in [0.15, 0.2) is 26.0 Å². The van der Waals surface area contributed by atoms with Crippen LogP contribution < -0.4 is 4.74 Å². The van der Waals surface area contributed by atoms with Gasteiger partial charge < -0.3 is 4.74 Å². The monoisotopic (exact) mass is 398 g/mol. The Labute approximate surface area is 111 Å². The van der Waals surface area contributed by atoms with E-state index in [1.165, 1.54) is 0 Å². The molecule has 1 aromatic carbocycles. The van der Waals surface area contributed by atoms with E-state index in [4.69, 9.17) is 10.7 Å². The summed E-state index contributed by atoms with van der Waals surface area (Å²) in [6.07, 6.45) is 0. The molecule has 1 aromatic rings. The predicted octanol–water partition coefficient (Wildman–Crippen LogP) is 3.74. The molecule has 0 aromatic heterocycles. The number of benzene rings is 1. The highest BCUT2D eigenvalue weighted by Gasteiger charge is 2.19. The van der Waals surface area contributed by atoms with Crippen LogP contribution in [0.1, 0.15) is 0 Å². The zero-order valence-corrected chi connectivity index (χ0v) is 12.0. The van der Waals surface area contributed by atoms with E-state index in [9.17, 15) is 17.2 Å². The van der Waals surface area contributed by atoms with Crippen LogP contribution in [0.2, 0.25) is 0 Å². The molecule has 1 rings (SSSR count). The summed E-state index contributed by atoms with van der Waals surface area (Å²) >= 11 is 5.80. The molecule has 0 heterocycles. The largest absolute Gasteiger partial charge is 0.434 e. The first kappa shape index (κ1) is 14.1. The van der Waals surface area contributed by atoms with Crippen molar-refractivity contribution in [2.45, 2.75) is 11.5 Å². The van der Waals surface area contributed by atoms with Crippen LogP contribution in [-0.4, -0.2) is 15.0 Å². The minimum absolute atomic E-state index is 0.0429. The van der Waals surface area contributed by atoms with Gasteiger partial charge in [0.05, 0.1) is 9.37 Å². The highest BCUT2D eigenvalue weighted by Crippen LogP contribution is 2.35. The molecule has 0 aliphatic rings. The van der Waals surface area contributed by atoms with Gasteiger partial charge in [-0.05, 0) is 44.0 Å². The molecule has 0 aliphatic heterocycles. The number of hydrogen-bond acceptors (Lipinski definition) is 3. The Morgan fingerprint density at radius 2 is 1.81 bits per heavy atom. The van der Waals surface area contributed by atoms with Crippen molar-refractivity contribution in [3.05, 3.63) is 21.1 Å². The third kappa shape index (κ3) is 3.54. The summed E-state index contributed by atoms with van der Waals surface area (Å²) < 4.78 is 50.3. The first-order valence-electron chi connectivity index (χ1n) is 3.60. The fourth-order valence-corrected chi connectivity index (χ4v) is 3.65. The van der Waals surface area contributed by atoms with Crippen molar-refractivity contribution in [1.82, 2.24) is 0 Å². The molecule has 0 atom stereocenters. The van der Waals surface area contributed by atoms with Gasteiger partial charge in [-0.2, -0.15) is 8.78 Å². The fourth-order valence-electron chi connectivity index (χ4n) is 0.883. The van der Waals surface area contributed by atoms with Crippen LogP contribution in [0.3, 0.4) is 0 Å². The van der Waals surface area contributed by atoms with E-state index >= 15 is 0 Å². The molecule has 16 heavy (non-hydrogen) atoms. The van der Waals surface area contributed by atoms with Gasteiger partial charge in [-0.3, -0.25) is 0 Å². The third-order valence-electron chi connectivity index (χ3n) is 1.47. The van der Waals surface area contributed by atoms with Crippen molar-refractivity contribution in [3.8, 4) is 5.75 Å². The minimum Gasteiger partial charge on any atom is -0.434 e. The molecule has 0 N–H and O–H groups in total. The quantitative estimate of drug-likeness (QED) is 0.726. The second-order valence-corrected chi connectivity index (χ2v) is 6.77. The maximum absolute atomic E-state index is 12.0. The second kappa shape index (κ2) is 5.16. The molecule has 0 unspecified atom stereocenters. The topological polar surface area (TPSA) is 43.4 Å². The van der Waals surface area contributed by atoms with Crippen molar-refractivity contribution in [2.24, 2.45) is 0 Å². The lowest BCUT2D eigenvalue weighted by atomic mass is 10.3. The lowest BCUT2D eigenvalue weighted by Gasteiger charge is -2.09. The van der Waals surface area contributed by atoms with Crippen molar-refractivity contribution in [1.29, 1.82) is 0 Å². The number of alkyl halides is 2. The smallest absolute Gasteiger partial charge is 0.387 e. The summed E-state index contributed by atoms with van der Waals surface area (Å²) in [6.45, 7) is -3.00. The molecular formula is C7H3Br2ClF2O3S. The molecule has 0 spiro atoms. The van der Waals surface area contributed by atoms with Crippen molar-refractivity contribution in [2.75, 3.05) is 0 Å². The first-order valence-corrected chi connectivity index (χ1v) is 7.50. The van der Waals surface area contributed by atoms with E-state index < -0.39 is 15.7 Å². The number of hydrogen-bond donors (Lipinski definition) is 0. The summed E-state index contributed by atoms with van der Waals surface area (Å²) in [4.78, 5) is -0.234. The number of halogens is 5. The minimum atomic E-state index is -3.95. The van der Waals surface area contributed by atoms with Crippen LogP contribution in [0.25, 0.3) is 0 Å². The molecule has 0 bridgehead atoms. The van der Waals surface area contributed by atoms with E-state index in [1.807, 2.05) is 0 Å². The van der Waals surface area contributed by atoms with Gasteiger partial charge in [0.2, 0.25) is 0 Å². The average molecular weight is 400 g/mol. The maximum atomic E-state index is 12.0. The lowest BCUT2D eigenvalue weighted by molar-refractivity contribution is -0.0504. The van der Waals surface area contributed by atoms with Gasteiger partial charge in [-0.25, -0.2) is 8.42 Å². The molecule has 3 nitrogen and oxygen atoms in total. The van der Waals surface area contributed by atoms with E-state index in [-0.39, 0.29) is 19.6 Å². The third-order valence-corrected chi connectivity index (χ3v) is 4.37. The van der Waals surface area contributed by atoms with Gasteiger partial charge in [0.15, 0.2) is 0 Å². The molecule has 0 aliphatic carbocycles. The average Bonchev–Trinajstić information content (AvgIpc) is 2.07. The van der Waals surface area contributed by atoms with Gasteiger partial charge in [0.1, 0.15) is 5.75 Å². The van der Waals surface area contributed by atoms with Gasteiger partial charge in [-0.15, -0.1) is 0 Å². The summed E-state index contributed by atoms with van der Waals surface area (Å²) in [7, 11) is 1.18. The predicted molar refractivity (Wildman–Crippen MR) is 61.5 cm³/mol. The fraction of sp³-hybridized carbons (Fsp3) is 0.143. The van der Waals surface area contributed by atoms with Crippen LogP contribution in [0, 0.1) is 0 Å². The first-order chi connectivity index (χ1) is 7.21. The van der Waals surface area contributed by atoms with Crippen molar-refractivity contribution < 1.29 is 21.9 Å². The lowest BCUT2D eigenvalue weighted by Crippen LogP contribution is -2.03. The normalized spacial score (nSPS) is 11.9. The van der Waals surface area contributed by atoms with E-state index in [0.29, 0.717) is 0 Å². The zero-order chi connectivity index (χ0) is 12.5. The van der Waals surface area contributed by atoms with Crippen molar-refractivity contribution in [3.63, 3.8) is 0 Å². The summed E-state index contributed by atoms with van der Waals surface area (Å²) in [5.41, 5.74) is 0. The zero-order valence-electron chi connectivity index (χ0n) is 7.25. The molecule has 0 fully saturated rings. The Bertz CT molecular complexity index is 507. The van der Waals surface area contributed by atoms with Gasteiger partial charge in [-0.1, -0.05) is 0 Å². The van der Waals surface area contributed by atoms with Crippen LogP contribution in [0.4, 0.5) is 8.78 Å². The van der Waals surface area contributed by atoms with E-state index in [1.54, 1.807) is 0 Å². The molecule has 9 heteroatoms. The van der Waals surface area contributed by atoms with Crippen molar-refractivity contribution >= 4 is 51.6 Å². The van der Waals surface area contributed by atoms with Crippen LogP contribution >= 0.6 is 42.5 Å². The van der Waals surface area contributed by atoms with E-state index in [2.05, 4.69) is 36.6 Å².